The van der Waals surface area contributed by atoms with Crippen LogP contribution in [0.2, 0.25) is 0 Å². The number of rotatable bonds is 7. The maximum atomic E-state index is 12.1. The molecule has 0 radical (unpaired) electrons. The number of amides is 1. The Morgan fingerprint density at radius 1 is 1.26 bits per heavy atom. The summed E-state index contributed by atoms with van der Waals surface area (Å²) < 4.78 is 6.13. The number of hydrogen-bond acceptors (Lipinski definition) is 5. The Labute approximate surface area is 162 Å². The summed E-state index contributed by atoms with van der Waals surface area (Å²) in [6, 6.07) is 10.2. The number of hydrogen-bond donors (Lipinski definition) is 1. The molecule has 0 saturated carbocycles. The van der Waals surface area contributed by atoms with Crippen molar-refractivity contribution in [2.45, 2.75) is 31.8 Å². The molecule has 0 unspecified atom stereocenters. The lowest BCUT2D eigenvalue weighted by Crippen LogP contribution is -2.34. The van der Waals surface area contributed by atoms with Crippen molar-refractivity contribution in [1.29, 1.82) is 0 Å². The summed E-state index contributed by atoms with van der Waals surface area (Å²) in [5, 5.41) is 5.08. The first-order valence-corrected chi connectivity index (χ1v) is 10.0. The number of aromatic nitrogens is 2. The molecular formula is C21H21N3O2S. The molecule has 0 spiro atoms. The summed E-state index contributed by atoms with van der Waals surface area (Å²) in [6.07, 6.45) is 8.19. The highest BCUT2D eigenvalue weighted by Gasteiger charge is 2.26. The standard InChI is InChI=1S/C21H21N3O2S/c25-20(8-2-5-17-6-3-11-27-17)24-13-16-12-15-4-1-7-18(21(15)26-16)19-14-22-9-10-23-19/h1,3-4,6-7,9-11,14,16H,2,5,8,12-13H2,(H,24,25)/t16-/m1/s1. The highest BCUT2D eigenvalue weighted by molar-refractivity contribution is 7.09. The van der Waals surface area contributed by atoms with E-state index in [1.165, 1.54) is 4.88 Å². The lowest BCUT2D eigenvalue weighted by atomic mass is 10.0. The number of ether oxygens (including phenoxy) is 1. The molecule has 1 atom stereocenters. The van der Waals surface area contributed by atoms with Gasteiger partial charge in [0.1, 0.15) is 11.9 Å². The quantitative estimate of drug-likeness (QED) is 0.681. The van der Waals surface area contributed by atoms with Crippen LogP contribution >= 0.6 is 11.3 Å². The predicted octanol–water partition coefficient (Wildman–Crippen LogP) is 3.65. The summed E-state index contributed by atoms with van der Waals surface area (Å²) in [6.45, 7) is 0.520. The molecule has 1 aliphatic heterocycles. The largest absolute Gasteiger partial charge is 0.487 e. The first-order valence-electron chi connectivity index (χ1n) is 9.13. The van der Waals surface area contributed by atoms with E-state index in [-0.39, 0.29) is 12.0 Å². The van der Waals surface area contributed by atoms with Crippen LogP contribution in [0.3, 0.4) is 0 Å². The zero-order chi connectivity index (χ0) is 18.5. The molecule has 27 heavy (non-hydrogen) atoms. The minimum absolute atomic E-state index is 0.0425. The number of nitrogens with one attached hydrogen (secondary N) is 1. The number of aryl methyl sites for hydroxylation is 1. The lowest BCUT2D eigenvalue weighted by molar-refractivity contribution is -0.121. The van der Waals surface area contributed by atoms with Crippen molar-refractivity contribution < 1.29 is 9.53 Å². The Hall–Kier alpha value is -2.73. The summed E-state index contributed by atoms with van der Waals surface area (Å²) in [5.74, 6) is 0.940. The van der Waals surface area contributed by atoms with E-state index in [0.717, 1.165) is 41.8 Å². The average Bonchev–Trinajstić information content (AvgIpc) is 3.36. The third-order valence-corrected chi connectivity index (χ3v) is 5.54. The van der Waals surface area contributed by atoms with E-state index >= 15 is 0 Å². The molecule has 0 saturated heterocycles. The zero-order valence-corrected chi connectivity index (χ0v) is 15.7. The second kappa shape index (κ2) is 8.31. The van der Waals surface area contributed by atoms with Crippen LogP contribution in [0.4, 0.5) is 0 Å². The van der Waals surface area contributed by atoms with Gasteiger partial charge in [-0.1, -0.05) is 18.2 Å². The van der Waals surface area contributed by atoms with Gasteiger partial charge in [0.25, 0.3) is 0 Å². The van der Waals surface area contributed by atoms with E-state index < -0.39 is 0 Å². The number of benzene rings is 1. The summed E-state index contributed by atoms with van der Waals surface area (Å²) in [4.78, 5) is 21.9. The summed E-state index contributed by atoms with van der Waals surface area (Å²) in [7, 11) is 0. The van der Waals surface area contributed by atoms with Gasteiger partial charge in [0.05, 0.1) is 18.4 Å². The molecule has 0 fully saturated rings. The third-order valence-electron chi connectivity index (χ3n) is 4.60. The topological polar surface area (TPSA) is 64.1 Å². The van der Waals surface area contributed by atoms with Crippen LogP contribution in [-0.2, 0) is 17.6 Å². The molecule has 2 aromatic heterocycles. The van der Waals surface area contributed by atoms with Gasteiger partial charge in [0, 0.05) is 35.7 Å². The second-order valence-electron chi connectivity index (χ2n) is 6.57. The van der Waals surface area contributed by atoms with Crippen LogP contribution in [0.25, 0.3) is 11.3 Å². The Morgan fingerprint density at radius 2 is 2.22 bits per heavy atom. The number of nitrogens with zero attached hydrogens (tertiary/aromatic N) is 2. The van der Waals surface area contributed by atoms with Gasteiger partial charge in [0.15, 0.2) is 0 Å². The third kappa shape index (κ3) is 4.34. The number of fused-ring (bicyclic) bond motifs is 1. The smallest absolute Gasteiger partial charge is 0.220 e. The molecular weight excluding hydrogens is 358 g/mol. The molecule has 6 heteroatoms. The Bertz CT molecular complexity index is 897. The molecule has 1 aromatic carbocycles. The molecule has 1 aliphatic rings. The molecule has 5 nitrogen and oxygen atoms in total. The van der Waals surface area contributed by atoms with Crippen LogP contribution in [0.1, 0.15) is 23.3 Å². The van der Waals surface area contributed by atoms with Crippen molar-refractivity contribution >= 4 is 17.2 Å². The van der Waals surface area contributed by atoms with Gasteiger partial charge >= 0.3 is 0 Å². The van der Waals surface area contributed by atoms with Gasteiger partial charge in [-0.3, -0.25) is 14.8 Å². The molecule has 138 valence electrons. The van der Waals surface area contributed by atoms with Crippen molar-refractivity contribution in [3.05, 3.63) is 64.7 Å². The van der Waals surface area contributed by atoms with Crippen molar-refractivity contribution in [2.24, 2.45) is 0 Å². The minimum Gasteiger partial charge on any atom is -0.487 e. The predicted molar refractivity (Wildman–Crippen MR) is 106 cm³/mol. The number of carbonyl (C=O) groups is 1. The Kier molecular flexibility index (Phi) is 5.44. The second-order valence-corrected chi connectivity index (χ2v) is 7.60. The average molecular weight is 379 g/mol. The Morgan fingerprint density at radius 3 is 3.04 bits per heavy atom. The SMILES string of the molecule is O=C(CCCc1cccs1)NC[C@H]1Cc2cccc(-c3cnccn3)c2O1. The van der Waals surface area contributed by atoms with E-state index in [4.69, 9.17) is 4.74 Å². The van der Waals surface area contributed by atoms with E-state index in [9.17, 15) is 4.79 Å². The molecule has 1 N–H and O–H groups in total. The van der Waals surface area contributed by atoms with Gasteiger partial charge in [0.2, 0.25) is 5.91 Å². The Balaban J connectivity index is 1.29. The van der Waals surface area contributed by atoms with Gasteiger partial charge < -0.3 is 10.1 Å². The van der Waals surface area contributed by atoms with Crippen LogP contribution < -0.4 is 10.1 Å². The first kappa shape index (κ1) is 17.7. The number of para-hydroxylation sites is 1. The summed E-state index contributed by atoms with van der Waals surface area (Å²) in [5.41, 5.74) is 2.90. The van der Waals surface area contributed by atoms with Crippen LogP contribution in [-0.4, -0.2) is 28.5 Å². The van der Waals surface area contributed by atoms with E-state index in [2.05, 4.69) is 32.8 Å². The minimum atomic E-state index is -0.0425. The monoisotopic (exact) mass is 379 g/mol. The molecule has 1 amide bonds. The maximum Gasteiger partial charge on any atom is 0.220 e. The van der Waals surface area contributed by atoms with Gasteiger partial charge in [-0.25, -0.2) is 0 Å². The van der Waals surface area contributed by atoms with Crippen molar-refractivity contribution in [3.63, 3.8) is 0 Å². The number of carbonyl (C=O) groups excluding carboxylic acids is 1. The van der Waals surface area contributed by atoms with Gasteiger partial charge in [-0.2, -0.15) is 0 Å². The van der Waals surface area contributed by atoms with Crippen LogP contribution in [0.5, 0.6) is 5.75 Å². The molecule has 3 aromatic rings. The molecule has 0 bridgehead atoms. The fraction of sp³-hybridized carbons (Fsp3) is 0.286. The van der Waals surface area contributed by atoms with E-state index in [1.807, 2.05) is 18.2 Å². The lowest BCUT2D eigenvalue weighted by Gasteiger charge is -2.13. The highest BCUT2D eigenvalue weighted by atomic mass is 32.1. The normalized spacial score (nSPS) is 15.2. The molecule has 3 heterocycles. The maximum absolute atomic E-state index is 12.1. The summed E-state index contributed by atoms with van der Waals surface area (Å²) >= 11 is 1.74. The van der Waals surface area contributed by atoms with Crippen LogP contribution in [0, 0.1) is 0 Å². The first-order chi connectivity index (χ1) is 13.3. The zero-order valence-electron chi connectivity index (χ0n) is 14.9. The van der Waals surface area contributed by atoms with Gasteiger partial charge in [-0.05, 0) is 35.9 Å². The van der Waals surface area contributed by atoms with E-state index in [1.54, 1.807) is 29.9 Å². The van der Waals surface area contributed by atoms with Gasteiger partial charge in [-0.15, -0.1) is 11.3 Å². The van der Waals surface area contributed by atoms with Crippen LogP contribution in [0.15, 0.2) is 54.3 Å². The number of thiophene rings is 1. The highest BCUT2D eigenvalue weighted by Crippen LogP contribution is 2.37. The van der Waals surface area contributed by atoms with E-state index in [0.29, 0.717) is 13.0 Å². The van der Waals surface area contributed by atoms with Crippen molar-refractivity contribution in [2.75, 3.05) is 6.54 Å². The van der Waals surface area contributed by atoms with Crippen molar-refractivity contribution in [1.82, 2.24) is 15.3 Å². The molecule has 4 rings (SSSR count). The molecule has 0 aliphatic carbocycles. The fourth-order valence-corrected chi connectivity index (χ4v) is 4.04. The fourth-order valence-electron chi connectivity index (χ4n) is 3.29. The van der Waals surface area contributed by atoms with Crippen molar-refractivity contribution in [3.8, 4) is 17.0 Å².